The van der Waals surface area contributed by atoms with Crippen molar-refractivity contribution in [2.24, 2.45) is 0 Å². The van der Waals surface area contributed by atoms with Crippen LogP contribution in [0.1, 0.15) is 30.9 Å². The number of methoxy groups -OCH3 is 1. The minimum atomic E-state index is -0.158. The van der Waals surface area contributed by atoms with Gasteiger partial charge in [-0.2, -0.15) is 5.26 Å². The lowest BCUT2D eigenvalue weighted by Crippen LogP contribution is -2.16. The Morgan fingerprint density at radius 3 is 2.90 bits per heavy atom. The van der Waals surface area contributed by atoms with Gasteiger partial charge in [0.2, 0.25) is 0 Å². The lowest BCUT2D eigenvalue weighted by molar-refractivity contribution is -0.143. The quantitative estimate of drug-likeness (QED) is 0.581. The highest BCUT2D eigenvalue weighted by Crippen LogP contribution is 2.18. The molecule has 0 bridgehead atoms. The van der Waals surface area contributed by atoms with Crippen molar-refractivity contribution < 1.29 is 14.3 Å². The normalized spacial score (nSPS) is 9.85. The maximum atomic E-state index is 11.1. The van der Waals surface area contributed by atoms with E-state index in [9.17, 15) is 4.79 Å². The topological polar surface area (TPSA) is 71.3 Å². The second-order valence-corrected chi connectivity index (χ2v) is 4.23. The van der Waals surface area contributed by atoms with Crippen molar-refractivity contribution in [2.45, 2.75) is 26.3 Å². The largest absolute Gasteiger partial charge is 0.495 e. The standard InChI is InChI=1S/C15H20N2O3/c1-3-20-15(18)5-4-8-17-11-12-6-7-13(10-16)14(9-12)19-2/h6-7,9,17H,3-5,8,11H2,1-2H3. The van der Waals surface area contributed by atoms with E-state index in [0.29, 0.717) is 30.9 Å². The Hall–Kier alpha value is -2.06. The molecule has 1 aromatic carbocycles. The van der Waals surface area contributed by atoms with Crippen molar-refractivity contribution in [1.29, 1.82) is 5.26 Å². The van der Waals surface area contributed by atoms with E-state index in [1.54, 1.807) is 20.1 Å². The number of nitrogens with one attached hydrogen (secondary N) is 1. The van der Waals surface area contributed by atoms with Gasteiger partial charge in [-0.15, -0.1) is 0 Å². The summed E-state index contributed by atoms with van der Waals surface area (Å²) >= 11 is 0. The van der Waals surface area contributed by atoms with E-state index < -0.39 is 0 Å². The second-order valence-electron chi connectivity index (χ2n) is 4.23. The van der Waals surface area contributed by atoms with Crippen LogP contribution >= 0.6 is 0 Å². The van der Waals surface area contributed by atoms with Crippen molar-refractivity contribution in [3.8, 4) is 11.8 Å². The Morgan fingerprint density at radius 2 is 2.25 bits per heavy atom. The van der Waals surface area contributed by atoms with Gasteiger partial charge in [-0.25, -0.2) is 0 Å². The van der Waals surface area contributed by atoms with Gasteiger partial charge in [0.25, 0.3) is 0 Å². The molecule has 5 nitrogen and oxygen atoms in total. The van der Waals surface area contributed by atoms with Crippen LogP contribution in [0.2, 0.25) is 0 Å². The number of carbonyl (C=O) groups excluding carboxylic acids is 1. The van der Waals surface area contributed by atoms with Gasteiger partial charge in [-0.1, -0.05) is 6.07 Å². The van der Waals surface area contributed by atoms with Crippen LogP contribution in [0.25, 0.3) is 0 Å². The molecule has 0 radical (unpaired) electrons. The van der Waals surface area contributed by atoms with Crippen LogP contribution in [0.15, 0.2) is 18.2 Å². The molecule has 0 atom stereocenters. The second kappa shape index (κ2) is 8.94. The van der Waals surface area contributed by atoms with Gasteiger partial charge in [0.15, 0.2) is 0 Å². The molecule has 5 heteroatoms. The molecular formula is C15H20N2O3. The number of rotatable bonds is 8. The van der Waals surface area contributed by atoms with Gasteiger partial charge in [-0.3, -0.25) is 4.79 Å². The first-order valence-electron chi connectivity index (χ1n) is 6.64. The molecule has 1 rings (SSSR count). The van der Waals surface area contributed by atoms with Crippen molar-refractivity contribution in [3.63, 3.8) is 0 Å². The number of benzene rings is 1. The number of ether oxygens (including phenoxy) is 2. The number of hydrogen-bond acceptors (Lipinski definition) is 5. The van der Waals surface area contributed by atoms with Crippen molar-refractivity contribution in [1.82, 2.24) is 5.32 Å². The van der Waals surface area contributed by atoms with Crippen molar-refractivity contribution in [2.75, 3.05) is 20.3 Å². The van der Waals surface area contributed by atoms with Crippen LogP contribution in [0, 0.1) is 11.3 Å². The zero-order chi connectivity index (χ0) is 14.8. The SMILES string of the molecule is CCOC(=O)CCCNCc1ccc(C#N)c(OC)c1. The maximum Gasteiger partial charge on any atom is 0.305 e. The van der Waals surface area contributed by atoms with Crippen LogP contribution in [0.4, 0.5) is 0 Å². The molecule has 0 unspecified atom stereocenters. The summed E-state index contributed by atoms with van der Waals surface area (Å²) in [5.41, 5.74) is 1.57. The molecule has 0 amide bonds. The molecule has 1 aromatic rings. The van der Waals surface area contributed by atoms with Crippen molar-refractivity contribution in [3.05, 3.63) is 29.3 Å². The van der Waals surface area contributed by atoms with Gasteiger partial charge in [0, 0.05) is 13.0 Å². The highest BCUT2D eigenvalue weighted by Gasteiger charge is 2.04. The highest BCUT2D eigenvalue weighted by atomic mass is 16.5. The fourth-order valence-electron chi connectivity index (χ4n) is 1.76. The van der Waals surface area contributed by atoms with E-state index in [1.165, 1.54) is 0 Å². The third-order valence-electron chi connectivity index (χ3n) is 2.76. The van der Waals surface area contributed by atoms with E-state index in [2.05, 4.69) is 11.4 Å². The Morgan fingerprint density at radius 1 is 1.45 bits per heavy atom. The van der Waals surface area contributed by atoms with Gasteiger partial charge in [0.1, 0.15) is 11.8 Å². The molecule has 0 spiro atoms. The number of hydrogen-bond donors (Lipinski definition) is 1. The van der Waals surface area contributed by atoms with Crippen LogP contribution in [0.5, 0.6) is 5.75 Å². The predicted molar refractivity (Wildman–Crippen MR) is 75.3 cm³/mol. The minimum absolute atomic E-state index is 0.158. The molecule has 0 saturated heterocycles. The first-order chi connectivity index (χ1) is 9.71. The van der Waals surface area contributed by atoms with E-state index in [1.807, 2.05) is 12.1 Å². The number of nitriles is 1. The number of nitrogens with zero attached hydrogens (tertiary/aromatic N) is 1. The molecule has 1 N–H and O–H groups in total. The lowest BCUT2D eigenvalue weighted by atomic mass is 10.1. The molecule has 108 valence electrons. The fourth-order valence-corrected chi connectivity index (χ4v) is 1.76. The Bertz CT molecular complexity index is 480. The van der Waals surface area contributed by atoms with E-state index in [4.69, 9.17) is 14.7 Å². The Labute approximate surface area is 119 Å². The average molecular weight is 276 g/mol. The molecule has 0 saturated carbocycles. The number of esters is 1. The van der Waals surface area contributed by atoms with Gasteiger partial charge >= 0.3 is 5.97 Å². The summed E-state index contributed by atoms with van der Waals surface area (Å²) in [6, 6.07) is 7.55. The summed E-state index contributed by atoms with van der Waals surface area (Å²) in [5.74, 6) is 0.424. The number of carbonyl (C=O) groups is 1. The van der Waals surface area contributed by atoms with E-state index in [0.717, 1.165) is 18.5 Å². The van der Waals surface area contributed by atoms with Gasteiger partial charge < -0.3 is 14.8 Å². The third-order valence-corrected chi connectivity index (χ3v) is 2.76. The summed E-state index contributed by atoms with van der Waals surface area (Å²) in [7, 11) is 1.55. The molecule has 20 heavy (non-hydrogen) atoms. The molecule has 0 aliphatic carbocycles. The van der Waals surface area contributed by atoms with Crippen LogP contribution < -0.4 is 10.1 Å². The summed E-state index contributed by atoms with van der Waals surface area (Å²) in [4.78, 5) is 11.1. The lowest BCUT2D eigenvalue weighted by Gasteiger charge is -2.08. The smallest absolute Gasteiger partial charge is 0.305 e. The van der Waals surface area contributed by atoms with Crippen LogP contribution in [0.3, 0.4) is 0 Å². The first-order valence-corrected chi connectivity index (χ1v) is 6.64. The van der Waals surface area contributed by atoms with Gasteiger partial charge in [-0.05, 0) is 37.6 Å². The Balaban J connectivity index is 2.32. The molecule has 0 fully saturated rings. The monoisotopic (exact) mass is 276 g/mol. The van der Waals surface area contributed by atoms with E-state index >= 15 is 0 Å². The summed E-state index contributed by atoms with van der Waals surface area (Å²) < 4.78 is 10.00. The zero-order valence-electron chi connectivity index (χ0n) is 11.9. The predicted octanol–water partition coefficient (Wildman–Crippen LogP) is 2.00. The molecule has 0 aromatic heterocycles. The molecule has 0 heterocycles. The molecular weight excluding hydrogens is 256 g/mol. The van der Waals surface area contributed by atoms with Crippen LogP contribution in [-0.2, 0) is 16.1 Å². The zero-order valence-corrected chi connectivity index (χ0v) is 11.9. The summed E-state index contributed by atoms with van der Waals surface area (Å²) in [6.07, 6.45) is 1.17. The average Bonchev–Trinajstić information content (AvgIpc) is 2.47. The third kappa shape index (κ3) is 5.29. The first kappa shape index (κ1) is 16.0. The summed E-state index contributed by atoms with van der Waals surface area (Å²) in [6.45, 7) is 3.64. The highest BCUT2D eigenvalue weighted by molar-refractivity contribution is 5.69. The maximum absolute atomic E-state index is 11.1. The fraction of sp³-hybridized carbons (Fsp3) is 0.467. The molecule has 0 aliphatic rings. The van der Waals surface area contributed by atoms with Crippen molar-refractivity contribution >= 4 is 5.97 Å². The van der Waals surface area contributed by atoms with Crippen LogP contribution in [-0.4, -0.2) is 26.2 Å². The van der Waals surface area contributed by atoms with Gasteiger partial charge in [0.05, 0.1) is 19.3 Å². The Kier molecular flexibility index (Phi) is 7.15. The molecule has 0 aliphatic heterocycles. The van der Waals surface area contributed by atoms with E-state index in [-0.39, 0.29) is 5.97 Å². The summed E-state index contributed by atoms with van der Waals surface area (Å²) in [5, 5.41) is 12.1. The minimum Gasteiger partial charge on any atom is -0.495 e.